The van der Waals surface area contributed by atoms with E-state index >= 15 is 0 Å². The molecule has 1 unspecified atom stereocenters. The van der Waals surface area contributed by atoms with Gasteiger partial charge in [0.1, 0.15) is 11.6 Å². The molecule has 0 aromatic heterocycles. The van der Waals surface area contributed by atoms with Gasteiger partial charge in [0.25, 0.3) is 0 Å². The summed E-state index contributed by atoms with van der Waals surface area (Å²) in [6.07, 6.45) is -0.808. The highest BCUT2D eigenvalue weighted by Crippen LogP contribution is 2.22. The standard InChI is InChI=1S/C10H13F2NO/c1-13-6-5-9(14)10-7(11)3-2-4-8(10)12/h2-4,9,13-14H,5-6H2,1H3. The van der Waals surface area contributed by atoms with Gasteiger partial charge in [-0.05, 0) is 32.1 Å². The third-order valence-electron chi connectivity index (χ3n) is 2.00. The van der Waals surface area contributed by atoms with Crippen molar-refractivity contribution in [2.45, 2.75) is 12.5 Å². The normalized spacial score (nSPS) is 12.9. The Hall–Kier alpha value is -1.00. The zero-order chi connectivity index (χ0) is 10.6. The lowest BCUT2D eigenvalue weighted by Gasteiger charge is -2.12. The van der Waals surface area contributed by atoms with Gasteiger partial charge in [0.2, 0.25) is 0 Å². The lowest BCUT2D eigenvalue weighted by molar-refractivity contribution is 0.158. The van der Waals surface area contributed by atoms with Crippen molar-refractivity contribution in [3.05, 3.63) is 35.4 Å². The second kappa shape index (κ2) is 5.02. The van der Waals surface area contributed by atoms with E-state index in [0.29, 0.717) is 6.54 Å². The summed E-state index contributed by atoms with van der Waals surface area (Å²) in [4.78, 5) is 0. The number of benzene rings is 1. The number of aliphatic hydroxyl groups excluding tert-OH is 1. The fourth-order valence-corrected chi connectivity index (χ4v) is 1.25. The van der Waals surface area contributed by atoms with Crippen molar-refractivity contribution in [1.82, 2.24) is 5.32 Å². The van der Waals surface area contributed by atoms with Gasteiger partial charge in [0.15, 0.2) is 0 Å². The molecule has 0 heterocycles. The number of hydrogen-bond donors (Lipinski definition) is 2. The second-order valence-corrected chi connectivity index (χ2v) is 3.04. The Morgan fingerprint density at radius 2 is 1.93 bits per heavy atom. The Kier molecular flexibility index (Phi) is 3.98. The van der Waals surface area contributed by atoms with E-state index in [1.54, 1.807) is 7.05 Å². The summed E-state index contributed by atoms with van der Waals surface area (Å²) in [5, 5.41) is 12.3. The second-order valence-electron chi connectivity index (χ2n) is 3.04. The van der Waals surface area contributed by atoms with E-state index in [9.17, 15) is 13.9 Å². The first-order chi connectivity index (χ1) is 6.66. The Labute approximate surface area is 81.6 Å². The maximum Gasteiger partial charge on any atom is 0.131 e. The van der Waals surface area contributed by atoms with Crippen molar-refractivity contribution in [2.75, 3.05) is 13.6 Å². The monoisotopic (exact) mass is 201 g/mol. The minimum Gasteiger partial charge on any atom is -0.388 e. The van der Waals surface area contributed by atoms with Crippen LogP contribution in [0, 0.1) is 11.6 Å². The summed E-state index contributed by atoms with van der Waals surface area (Å²) in [6.45, 7) is 0.509. The van der Waals surface area contributed by atoms with Crippen LogP contribution in [0.4, 0.5) is 8.78 Å². The fraction of sp³-hybridized carbons (Fsp3) is 0.400. The zero-order valence-electron chi connectivity index (χ0n) is 7.93. The summed E-state index contributed by atoms with van der Waals surface area (Å²) in [5.74, 6) is -1.40. The van der Waals surface area contributed by atoms with Crippen molar-refractivity contribution in [3.8, 4) is 0 Å². The van der Waals surface area contributed by atoms with Crippen molar-refractivity contribution >= 4 is 0 Å². The first kappa shape index (κ1) is 11.1. The Morgan fingerprint density at radius 1 is 1.36 bits per heavy atom. The van der Waals surface area contributed by atoms with Crippen LogP contribution in [-0.4, -0.2) is 18.7 Å². The van der Waals surface area contributed by atoms with Gasteiger partial charge < -0.3 is 10.4 Å². The van der Waals surface area contributed by atoms with E-state index in [-0.39, 0.29) is 12.0 Å². The minimum atomic E-state index is -1.09. The average Bonchev–Trinajstić information content (AvgIpc) is 2.14. The van der Waals surface area contributed by atoms with Crippen LogP contribution in [0.2, 0.25) is 0 Å². The highest BCUT2D eigenvalue weighted by molar-refractivity contribution is 5.21. The summed E-state index contributed by atoms with van der Waals surface area (Å²) in [7, 11) is 1.71. The number of halogens is 2. The third kappa shape index (κ3) is 2.49. The summed E-state index contributed by atoms with van der Waals surface area (Å²) < 4.78 is 26.2. The lowest BCUT2D eigenvalue weighted by Crippen LogP contribution is -2.13. The topological polar surface area (TPSA) is 32.3 Å². The highest BCUT2D eigenvalue weighted by atomic mass is 19.1. The molecule has 0 aliphatic heterocycles. The van der Waals surface area contributed by atoms with Gasteiger partial charge in [-0.3, -0.25) is 0 Å². The van der Waals surface area contributed by atoms with Gasteiger partial charge in [-0.1, -0.05) is 6.07 Å². The van der Waals surface area contributed by atoms with Crippen LogP contribution in [0.25, 0.3) is 0 Å². The van der Waals surface area contributed by atoms with Crippen LogP contribution in [0.3, 0.4) is 0 Å². The molecule has 0 bridgehead atoms. The molecular weight excluding hydrogens is 188 g/mol. The molecule has 1 atom stereocenters. The minimum absolute atomic E-state index is 0.247. The van der Waals surface area contributed by atoms with Crippen molar-refractivity contribution in [2.24, 2.45) is 0 Å². The molecule has 0 aliphatic rings. The van der Waals surface area contributed by atoms with Crippen LogP contribution in [0.5, 0.6) is 0 Å². The van der Waals surface area contributed by atoms with Gasteiger partial charge in [-0.2, -0.15) is 0 Å². The predicted octanol–water partition coefficient (Wildman–Crippen LogP) is 1.61. The largest absolute Gasteiger partial charge is 0.388 e. The molecule has 0 saturated heterocycles. The fourth-order valence-electron chi connectivity index (χ4n) is 1.25. The Balaban J connectivity index is 2.82. The summed E-state index contributed by atoms with van der Waals surface area (Å²) in [5.41, 5.74) is -0.247. The van der Waals surface area contributed by atoms with Crippen molar-refractivity contribution < 1.29 is 13.9 Å². The smallest absolute Gasteiger partial charge is 0.131 e. The molecule has 1 rings (SSSR count). The van der Waals surface area contributed by atoms with E-state index in [2.05, 4.69) is 5.32 Å². The first-order valence-electron chi connectivity index (χ1n) is 4.43. The highest BCUT2D eigenvalue weighted by Gasteiger charge is 2.16. The molecule has 2 N–H and O–H groups in total. The number of rotatable bonds is 4. The van der Waals surface area contributed by atoms with E-state index in [1.807, 2.05) is 0 Å². The maximum atomic E-state index is 13.1. The molecule has 0 fully saturated rings. The van der Waals surface area contributed by atoms with Crippen LogP contribution in [0.1, 0.15) is 18.1 Å². The molecule has 0 aliphatic carbocycles. The number of hydrogen-bond acceptors (Lipinski definition) is 2. The SMILES string of the molecule is CNCCC(O)c1c(F)cccc1F. The molecular formula is C10H13F2NO. The first-order valence-corrected chi connectivity index (χ1v) is 4.43. The average molecular weight is 201 g/mol. The van der Waals surface area contributed by atoms with Crippen molar-refractivity contribution in [1.29, 1.82) is 0 Å². The predicted molar refractivity (Wildman–Crippen MR) is 49.9 cm³/mol. The van der Waals surface area contributed by atoms with Crippen LogP contribution in [-0.2, 0) is 0 Å². The number of nitrogens with one attached hydrogen (secondary N) is 1. The molecule has 0 radical (unpaired) electrons. The van der Waals surface area contributed by atoms with Gasteiger partial charge in [-0.25, -0.2) is 8.78 Å². The molecule has 14 heavy (non-hydrogen) atoms. The van der Waals surface area contributed by atoms with E-state index in [1.165, 1.54) is 6.07 Å². The van der Waals surface area contributed by atoms with Gasteiger partial charge in [0.05, 0.1) is 11.7 Å². The van der Waals surface area contributed by atoms with Crippen LogP contribution < -0.4 is 5.32 Å². The number of aliphatic hydroxyl groups is 1. The molecule has 1 aromatic rings. The van der Waals surface area contributed by atoms with E-state index in [4.69, 9.17) is 0 Å². The molecule has 0 amide bonds. The summed E-state index contributed by atoms with van der Waals surface area (Å²) >= 11 is 0. The van der Waals surface area contributed by atoms with Crippen molar-refractivity contribution in [3.63, 3.8) is 0 Å². The van der Waals surface area contributed by atoms with Gasteiger partial charge in [0, 0.05) is 0 Å². The molecule has 78 valence electrons. The van der Waals surface area contributed by atoms with E-state index < -0.39 is 17.7 Å². The molecule has 2 nitrogen and oxygen atoms in total. The molecule has 0 spiro atoms. The Morgan fingerprint density at radius 3 is 2.43 bits per heavy atom. The van der Waals surface area contributed by atoms with E-state index in [0.717, 1.165) is 12.1 Å². The lowest BCUT2D eigenvalue weighted by atomic mass is 10.1. The maximum absolute atomic E-state index is 13.1. The van der Waals surface area contributed by atoms with Crippen LogP contribution in [0.15, 0.2) is 18.2 Å². The van der Waals surface area contributed by atoms with Crippen LogP contribution >= 0.6 is 0 Å². The Bertz CT molecular complexity index is 284. The molecule has 4 heteroatoms. The summed E-state index contributed by atoms with van der Waals surface area (Å²) in [6, 6.07) is 3.56. The van der Waals surface area contributed by atoms with Gasteiger partial charge in [-0.15, -0.1) is 0 Å². The zero-order valence-corrected chi connectivity index (χ0v) is 7.93. The molecule has 0 saturated carbocycles. The molecule has 1 aromatic carbocycles. The third-order valence-corrected chi connectivity index (χ3v) is 2.00. The quantitative estimate of drug-likeness (QED) is 0.775. The van der Waals surface area contributed by atoms with Gasteiger partial charge >= 0.3 is 0 Å².